The molecular formula is C13H20ClN3O. The second kappa shape index (κ2) is 6.23. The van der Waals surface area contributed by atoms with E-state index in [1.807, 2.05) is 0 Å². The lowest BCUT2D eigenvalue weighted by Crippen LogP contribution is -2.34. The van der Waals surface area contributed by atoms with Crippen molar-refractivity contribution in [1.29, 1.82) is 0 Å². The molecule has 100 valence electrons. The maximum absolute atomic E-state index is 11.9. The van der Waals surface area contributed by atoms with Crippen molar-refractivity contribution < 1.29 is 0 Å². The van der Waals surface area contributed by atoms with E-state index in [0.29, 0.717) is 12.4 Å². The first-order chi connectivity index (χ1) is 8.70. The van der Waals surface area contributed by atoms with Crippen LogP contribution >= 0.6 is 11.6 Å². The third-order valence-electron chi connectivity index (χ3n) is 3.51. The molecule has 0 bridgehead atoms. The molecule has 1 aliphatic rings. The van der Waals surface area contributed by atoms with Crippen LogP contribution in [0.5, 0.6) is 0 Å². The zero-order chi connectivity index (χ0) is 13.0. The summed E-state index contributed by atoms with van der Waals surface area (Å²) < 4.78 is 1.48. The summed E-state index contributed by atoms with van der Waals surface area (Å²) in [6.07, 6.45) is 4.95. The average Bonchev–Trinajstić information content (AvgIpc) is 2.38. The van der Waals surface area contributed by atoms with Crippen molar-refractivity contribution in [3.63, 3.8) is 0 Å². The second-order valence-corrected chi connectivity index (χ2v) is 5.37. The van der Waals surface area contributed by atoms with Gasteiger partial charge >= 0.3 is 0 Å². The molecule has 1 aliphatic heterocycles. The van der Waals surface area contributed by atoms with Crippen molar-refractivity contribution in [3.05, 3.63) is 22.6 Å². The molecule has 0 radical (unpaired) electrons. The third-order valence-corrected chi connectivity index (χ3v) is 3.77. The van der Waals surface area contributed by atoms with Gasteiger partial charge in [0, 0.05) is 31.6 Å². The van der Waals surface area contributed by atoms with E-state index >= 15 is 0 Å². The molecule has 2 heterocycles. The maximum Gasteiger partial charge on any atom is 0.268 e. The number of alkyl halides is 1. The highest BCUT2D eigenvalue weighted by Gasteiger charge is 2.16. The molecule has 0 saturated carbocycles. The van der Waals surface area contributed by atoms with E-state index < -0.39 is 0 Å². The van der Waals surface area contributed by atoms with Crippen LogP contribution in [0.15, 0.2) is 17.1 Å². The molecule has 1 saturated heterocycles. The van der Waals surface area contributed by atoms with Gasteiger partial charge in [-0.15, -0.1) is 11.6 Å². The van der Waals surface area contributed by atoms with Gasteiger partial charge in [0.15, 0.2) is 0 Å². The number of hydrogen-bond donors (Lipinski definition) is 0. The molecule has 0 atom stereocenters. The van der Waals surface area contributed by atoms with Gasteiger partial charge in [-0.05, 0) is 25.2 Å². The fourth-order valence-corrected chi connectivity index (χ4v) is 2.36. The van der Waals surface area contributed by atoms with Crippen molar-refractivity contribution >= 4 is 17.3 Å². The van der Waals surface area contributed by atoms with Crippen LogP contribution in [0.1, 0.15) is 26.2 Å². The summed E-state index contributed by atoms with van der Waals surface area (Å²) in [5.74, 6) is 1.35. The van der Waals surface area contributed by atoms with E-state index in [-0.39, 0.29) is 5.56 Å². The topological polar surface area (TPSA) is 38.1 Å². The Morgan fingerprint density at radius 1 is 1.44 bits per heavy atom. The number of piperidine rings is 1. The lowest BCUT2D eigenvalue weighted by molar-refractivity contribution is 0.437. The molecule has 0 amide bonds. The normalized spacial score (nSPS) is 17.1. The molecule has 0 unspecified atom stereocenters. The van der Waals surface area contributed by atoms with E-state index in [4.69, 9.17) is 11.6 Å². The highest BCUT2D eigenvalue weighted by atomic mass is 35.5. The van der Waals surface area contributed by atoms with Crippen molar-refractivity contribution in [2.75, 3.05) is 23.9 Å². The number of halogens is 1. The lowest BCUT2D eigenvalue weighted by atomic mass is 9.99. The van der Waals surface area contributed by atoms with Gasteiger partial charge in [-0.1, -0.05) is 6.92 Å². The Labute approximate surface area is 113 Å². The summed E-state index contributed by atoms with van der Waals surface area (Å²) in [7, 11) is 0. The van der Waals surface area contributed by atoms with Crippen LogP contribution < -0.4 is 10.5 Å². The third kappa shape index (κ3) is 3.25. The van der Waals surface area contributed by atoms with Gasteiger partial charge in [0.25, 0.3) is 5.56 Å². The Morgan fingerprint density at radius 2 is 2.17 bits per heavy atom. The van der Waals surface area contributed by atoms with Crippen LogP contribution in [0.4, 0.5) is 5.69 Å². The molecular weight excluding hydrogens is 250 g/mol. The molecule has 4 nitrogen and oxygen atoms in total. The summed E-state index contributed by atoms with van der Waals surface area (Å²) in [5.41, 5.74) is 0.922. The Kier molecular flexibility index (Phi) is 4.64. The summed E-state index contributed by atoms with van der Waals surface area (Å²) >= 11 is 5.62. The van der Waals surface area contributed by atoms with Gasteiger partial charge < -0.3 is 4.90 Å². The molecule has 1 aromatic rings. The Bertz CT molecular complexity index is 438. The van der Waals surface area contributed by atoms with Crippen molar-refractivity contribution in [1.82, 2.24) is 9.78 Å². The molecule has 0 aliphatic carbocycles. The molecule has 18 heavy (non-hydrogen) atoms. The Morgan fingerprint density at radius 3 is 2.78 bits per heavy atom. The van der Waals surface area contributed by atoms with Gasteiger partial charge in [0.05, 0.1) is 11.9 Å². The number of aryl methyl sites for hydroxylation is 1. The highest BCUT2D eigenvalue weighted by molar-refractivity contribution is 6.17. The van der Waals surface area contributed by atoms with Crippen LogP contribution in [0.2, 0.25) is 0 Å². The summed E-state index contributed by atoms with van der Waals surface area (Å²) in [4.78, 5) is 14.1. The molecule has 1 fully saturated rings. The van der Waals surface area contributed by atoms with Crippen LogP contribution in [0.25, 0.3) is 0 Å². The van der Waals surface area contributed by atoms with E-state index in [0.717, 1.165) is 31.1 Å². The SMILES string of the molecule is CC1CCN(c2cnn(CCCCl)c(=O)c2)CC1. The van der Waals surface area contributed by atoms with Gasteiger partial charge in [-0.25, -0.2) is 4.68 Å². The van der Waals surface area contributed by atoms with E-state index in [1.54, 1.807) is 12.3 Å². The van der Waals surface area contributed by atoms with Crippen LogP contribution in [-0.2, 0) is 6.54 Å². The number of hydrogen-bond acceptors (Lipinski definition) is 3. The fourth-order valence-electron chi connectivity index (χ4n) is 2.24. The first kappa shape index (κ1) is 13.4. The quantitative estimate of drug-likeness (QED) is 0.786. The molecule has 5 heteroatoms. The summed E-state index contributed by atoms with van der Waals surface area (Å²) in [5, 5.41) is 4.21. The number of nitrogens with zero attached hydrogens (tertiary/aromatic N) is 3. The van der Waals surface area contributed by atoms with Gasteiger partial charge in [-0.3, -0.25) is 4.79 Å². The zero-order valence-electron chi connectivity index (χ0n) is 10.8. The van der Waals surface area contributed by atoms with Gasteiger partial charge in [0.1, 0.15) is 0 Å². The van der Waals surface area contributed by atoms with Gasteiger partial charge in [0.2, 0.25) is 0 Å². The number of rotatable bonds is 4. The van der Waals surface area contributed by atoms with E-state index in [9.17, 15) is 4.79 Å². The molecule has 0 N–H and O–H groups in total. The second-order valence-electron chi connectivity index (χ2n) is 4.99. The average molecular weight is 270 g/mol. The zero-order valence-corrected chi connectivity index (χ0v) is 11.6. The predicted octanol–water partition coefficient (Wildman–Crippen LogP) is 2.11. The smallest absolute Gasteiger partial charge is 0.268 e. The van der Waals surface area contributed by atoms with Crippen molar-refractivity contribution in [2.24, 2.45) is 5.92 Å². The van der Waals surface area contributed by atoms with Crippen molar-refractivity contribution in [2.45, 2.75) is 32.7 Å². The van der Waals surface area contributed by atoms with Crippen LogP contribution in [0, 0.1) is 5.92 Å². The minimum Gasteiger partial charge on any atom is -0.370 e. The van der Waals surface area contributed by atoms with Crippen LogP contribution in [-0.4, -0.2) is 28.8 Å². The largest absolute Gasteiger partial charge is 0.370 e. The van der Waals surface area contributed by atoms with Crippen molar-refractivity contribution in [3.8, 4) is 0 Å². The highest BCUT2D eigenvalue weighted by Crippen LogP contribution is 2.20. The number of aromatic nitrogens is 2. The molecule has 0 aromatic carbocycles. The molecule has 2 rings (SSSR count). The van der Waals surface area contributed by atoms with E-state index in [2.05, 4.69) is 16.9 Å². The first-order valence-corrected chi connectivity index (χ1v) is 7.12. The number of anilines is 1. The monoisotopic (exact) mass is 269 g/mol. The predicted molar refractivity (Wildman–Crippen MR) is 74.4 cm³/mol. The first-order valence-electron chi connectivity index (χ1n) is 6.59. The minimum absolute atomic E-state index is 0.0313. The molecule has 0 spiro atoms. The van der Waals surface area contributed by atoms with Crippen LogP contribution in [0.3, 0.4) is 0 Å². The summed E-state index contributed by atoms with van der Waals surface area (Å²) in [6.45, 7) is 4.92. The standard InChI is InChI=1S/C13H20ClN3O/c1-11-3-7-16(8-4-11)12-9-13(18)17(15-10-12)6-2-5-14/h9-11H,2-8H2,1H3. The Hall–Kier alpha value is -1.03. The van der Waals surface area contributed by atoms with E-state index in [1.165, 1.54) is 17.5 Å². The minimum atomic E-state index is -0.0313. The lowest BCUT2D eigenvalue weighted by Gasteiger charge is -2.31. The maximum atomic E-state index is 11.9. The Balaban J connectivity index is 2.06. The van der Waals surface area contributed by atoms with Gasteiger partial charge in [-0.2, -0.15) is 5.10 Å². The summed E-state index contributed by atoms with van der Waals surface area (Å²) in [6, 6.07) is 1.69. The fraction of sp³-hybridized carbons (Fsp3) is 0.692. The molecule has 1 aromatic heterocycles.